The summed E-state index contributed by atoms with van der Waals surface area (Å²) in [6.45, 7) is 2.24. The fourth-order valence-electron chi connectivity index (χ4n) is 2.13. The van der Waals surface area contributed by atoms with Crippen molar-refractivity contribution in [3.63, 3.8) is 0 Å². The summed E-state index contributed by atoms with van der Waals surface area (Å²) in [4.78, 5) is 0. The highest BCUT2D eigenvalue weighted by Crippen LogP contribution is 2.23. The van der Waals surface area contributed by atoms with Gasteiger partial charge in [0.2, 0.25) is 0 Å². The Morgan fingerprint density at radius 2 is 1.67 bits per heavy atom. The molecule has 0 saturated heterocycles. The van der Waals surface area contributed by atoms with Gasteiger partial charge in [0.05, 0.1) is 0 Å². The van der Waals surface area contributed by atoms with Crippen LogP contribution in [0.25, 0.3) is 0 Å². The summed E-state index contributed by atoms with van der Waals surface area (Å²) in [5.41, 5.74) is 1.18. The molecule has 0 amide bonds. The second-order valence-corrected chi connectivity index (χ2v) is 5.04. The van der Waals surface area contributed by atoms with E-state index < -0.39 is 8.69 Å². The number of para-hydroxylation sites is 1. The summed E-state index contributed by atoms with van der Waals surface area (Å²) < 4.78 is 15.7. The normalized spacial score (nSPS) is 10.7. The highest BCUT2D eigenvalue weighted by molar-refractivity contribution is 7.17. The van der Waals surface area contributed by atoms with Gasteiger partial charge < -0.3 is 0 Å². The van der Waals surface area contributed by atoms with Crippen molar-refractivity contribution >= 4 is 8.69 Å². The molecule has 1 atom stereocenters. The van der Waals surface area contributed by atoms with E-state index in [1.165, 1.54) is 50.5 Å². The lowest BCUT2D eigenvalue weighted by atomic mass is 10.0. The molecule has 0 bridgehead atoms. The molecule has 0 aliphatic rings. The molecule has 0 N–H and O–H groups in total. The molecule has 18 heavy (non-hydrogen) atoms. The van der Waals surface area contributed by atoms with Crippen LogP contribution in [0.4, 0.5) is 0 Å². The molecule has 0 spiro atoms. The summed E-state index contributed by atoms with van der Waals surface area (Å²) in [5.74, 6) is 0.775. The molecule has 0 aliphatic carbocycles. The molecule has 0 heterocycles. The van der Waals surface area contributed by atoms with Gasteiger partial charge in [-0.15, -0.1) is 0 Å². The molecule has 0 radical (unpaired) electrons. The molecule has 0 fully saturated rings. The highest BCUT2D eigenvalue weighted by atomic mass is 31.1. The molecule has 1 aromatic carbocycles. The van der Waals surface area contributed by atoms with Gasteiger partial charge in [0.15, 0.2) is 5.75 Å². The molecule has 2 nitrogen and oxygen atoms in total. The van der Waals surface area contributed by atoms with Crippen molar-refractivity contribution in [1.29, 1.82) is 0 Å². The van der Waals surface area contributed by atoms with Crippen molar-refractivity contribution in [2.24, 2.45) is 0 Å². The molecule has 100 valence electrons. The van der Waals surface area contributed by atoms with Gasteiger partial charge in [0.1, 0.15) is 0 Å². The van der Waals surface area contributed by atoms with Crippen LogP contribution in [-0.4, -0.2) is 0 Å². The van der Waals surface area contributed by atoms with Crippen molar-refractivity contribution in [3.05, 3.63) is 29.8 Å². The van der Waals surface area contributed by atoms with Crippen molar-refractivity contribution in [3.8, 4) is 5.75 Å². The molecule has 0 saturated carbocycles. The maximum atomic E-state index is 10.5. The monoisotopic (exact) mass is 267 g/mol. The number of hydrogen-bond donors (Lipinski definition) is 0. The lowest BCUT2D eigenvalue weighted by Gasteiger charge is -2.04. The predicted octanol–water partition coefficient (Wildman–Crippen LogP) is 5.30. The van der Waals surface area contributed by atoms with Gasteiger partial charge >= 0.3 is 8.69 Å². The van der Waals surface area contributed by atoms with E-state index >= 15 is 0 Å². The Morgan fingerprint density at radius 1 is 1.00 bits per heavy atom. The van der Waals surface area contributed by atoms with Crippen LogP contribution >= 0.6 is 8.69 Å². The predicted molar refractivity (Wildman–Crippen MR) is 77.8 cm³/mol. The third kappa shape index (κ3) is 6.16. The van der Waals surface area contributed by atoms with Gasteiger partial charge in [-0.2, -0.15) is 0 Å². The van der Waals surface area contributed by atoms with Crippen molar-refractivity contribution in [1.82, 2.24) is 0 Å². The number of unbranched alkanes of at least 4 members (excludes halogenated alkanes) is 6. The number of hydrogen-bond acceptors (Lipinski definition) is 2. The molecular formula is C15H24O2P+. The van der Waals surface area contributed by atoms with Gasteiger partial charge in [-0.25, -0.2) is 0 Å². The second kappa shape index (κ2) is 10.1. The van der Waals surface area contributed by atoms with E-state index in [1.54, 1.807) is 0 Å². The van der Waals surface area contributed by atoms with Crippen LogP contribution in [0, 0.1) is 0 Å². The molecule has 1 rings (SSSR count). The zero-order valence-electron chi connectivity index (χ0n) is 11.3. The zero-order chi connectivity index (χ0) is 13.1. The maximum absolute atomic E-state index is 10.5. The van der Waals surface area contributed by atoms with Crippen LogP contribution in [-0.2, 0) is 11.0 Å². The Kier molecular flexibility index (Phi) is 8.50. The largest absolute Gasteiger partial charge is 0.542 e. The van der Waals surface area contributed by atoms with Gasteiger partial charge in [-0.1, -0.05) is 63.6 Å². The van der Waals surface area contributed by atoms with E-state index in [2.05, 4.69) is 13.0 Å². The highest BCUT2D eigenvalue weighted by Gasteiger charge is 2.05. The number of rotatable bonds is 10. The molecule has 1 unspecified atom stereocenters. The fourth-order valence-corrected chi connectivity index (χ4v) is 2.42. The molecule has 0 aliphatic heterocycles. The molecule has 1 aromatic rings. The summed E-state index contributed by atoms with van der Waals surface area (Å²) >= 11 is 0. The SMILES string of the molecule is CCCCCCCCCc1ccccc1O[PH+]=O. The average molecular weight is 267 g/mol. The second-order valence-electron chi connectivity index (χ2n) is 4.66. The molecule has 0 aromatic heterocycles. The Hall–Kier alpha value is -0.880. The van der Waals surface area contributed by atoms with Crippen LogP contribution in [0.5, 0.6) is 5.75 Å². The number of aryl methyl sites for hydroxylation is 1. The minimum Gasteiger partial charge on any atom is -0.256 e. The quantitative estimate of drug-likeness (QED) is 0.425. The summed E-state index contributed by atoms with van der Waals surface area (Å²) in [5, 5.41) is 0. The minimum atomic E-state index is -0.713. The van der Waals surface area contributed by atoms with E-state index in [4.69, 9.17) is 4.52 Å². The topological polar surface area (TPSA) is 26.3 Å². The van der Waals surface area contributed by atoms with Crippen LogP contribution < -0.4 is 4.52 Å². The first-order chi connectivity index (χ1) is 8.88. The fraction of sp³-hybridized carbons (Fsp3) is 0.600. The van der Waals surface area contributed by atoms with E-state index in [0.29, 0.717) is 0 Å². The lowest BCUT2D eigenvalue weighted by Crippen LogP contribution is -1.89. The van der Waals surface area contributed by atoms with Crippen molar-refractivity contribution < 1.29 is 9.09 Å². The summed E-state index contributed by atoms with van der Waals surface area (Å²) in [6.07, 6.45) is 10.2. The maximum Gasteiger partial charge on any atom is 0.542 e. The van der Waals surface area contributed by atoms with E-state index in [9.17, 15) is 4.57 Å². The van der Waals surface area contributed by atoms with Crippen LogP contribution in [0.3, 0.4) is 0 Å². The smallest absolute Gasteiger partial charge is 0.256 e. The standard InChI is InChI=1S/C15H24O2P/c1-2-3-4-5-6-7-8-11-14-12-9-10-13-15(14)17-18-16/h9-10,12-13,18H,2-8,11H2,1H3/q+1. The summed E-state index contributed by atoms with van der Waals surface area (Å²) in [7, 11) is -0.713. The van der Waals surface area contributed by atoms with E-state index in [1.807, 2.05) is 18.2 Å². The molecular weight excluding hydrogens is 243 g/mol. The van der Waals surface area contributed by atoms with Gasteiger partial charge in [0.25, 0.3) is 0 Å². The Balaban J connectivity index is 2.20. The van der Waals surface area contributed by atoms with Gasteiger partial charge in [-0.05, 0) is 23.5 Å². The lowest BCUT2D eigenvalue weighted by molar-refractivity contribution is 0.519. The first kappa shape index (κ1) is 15.2. The summed E-state index contributed by atoms with van der Waals surface area (Å²) in [6, 6.07) is 7.88. The third-order valence-electron chi connectivity index (χ3n) is 3.17. The van der Waals surface area contributed by atoms with Crippen molar-refractivity contribution in [2.45, 2.75) is 58.3 Å². The Morgan fingerprint density at radius 3 is 2.39 bits per heavy atom. The van der Waals surface area contributed by atoms with Crippen molar-refractivity contribution in [2.75, 3.05) is 0 Å². The zero-order valence-corrected chi connectivity index (χ0v) is 12.3. The van der Waals surface area contributed by atoms with Crippen LogP contribution in [0.1, 0.15) is 57.4 Å². The minimum absolute atomic E-state index is 0.713. The van der Waals surface area contributed by atoms with E-state index in [-0.39, 0.29) is 0 Å². The average Bonchev–Trinajstić information content (AvgIpc) is 2.40. The first-order valence-corrected chi connectivity index (χ1v) is 7.82. The van der Waals surface area contributed by atoms with Crippen LogP contribution in [0.15, 0.2) is 24.3 Å². The Bertz CT molecular complexity index is 339. The van der Waals surface area contributed by atoms with Crippen LogP contribution in [0.2, 0.25) is 0 Å². The Labute approximate surface area is 112 Å². The third-order valence-corrected chi connectivity index (χ3v) is 3.48. The first-order valence-electron chi connectivity index (χ1n) is 7.00. The van der Waals surface area contributed by atoms with Gasteiger partial charge in [-0.3, -0.25) is 4.52 Å². The number of benzene rings is 1. The molecule has 3 heteroatoms. The van der Waals surface area contributed by atoms with E-state index in [0.717, 1.165) is 12.2 Å². The van der Waals surface area contributed by atoms with Gasteiger partial charge in [0, 0.05) is 5.56 Å².